The van der Waals surface area contributed by atoms with Crippen molar-refractivity contribution in [3.63, 3.8) is 0 Å². The van der Waals surface area contributed by atoms with E-state index in [-0.39, 0.29) is 26.4 Å². The van der Waals surface area contributed by atoms with Gasteiger partial charge in [-0.3, -0.25) is 5.21 Å². The second-order valence-corrected chi connectivity index (χ2v) is 4.14. The molecule has 0 saturated heterocycles. The van der Waals surface area contributed by atoms with Gasteiger partial charge in [0.2, 0.25) is 0 Å². The number of hydrogen-bond acceptors (Lipinski definition) is 10. The Labute approximate surface area is 150 Å². The van der Waals surface area contributed by atoms with Gasteiger partial charge in [-0.1, -0.05) is 13.2 Å². The van der Waals surface area contributed by atoms with Crippen LogP contribution in [0, 0.1) is 11.5 Å². The number of hydroxylamine groups is 1. The summed E-state index contributed by atoms with van der Waals surface area (Å²) in [4.78, 5) is 31.8. The Morgan fingerprint density at radius 3 is 1.88 bits per heavy atom. The minimum atomic E-state index is -0.744. The summed E-state index contributed by atoms with van der Waals surface area (Å²) in [5.41, 5.74) is 2.00. The molecule has 0 heterocycles. The van der Waals surface area contributed by atoms with Gasteiger partial charge in [0.05, 0.1) is 6.54 Å². The fourth-order valence-electron chi connectivity index (χ4n) is 0.816. The van der Waals surface area contributed by atoms with Gasteiger partial charge in [0.15, 0.2) is 0 Å². The van der Waals surface area contributed by atoms with Crippen LogP contribution in [-0.2, 0) is 23.8 Å². The quantitative estimate of drug-likeness (QED) is 0.0940. The molecule has 0 aromatic carbocycles. The van der Waals surface area contributed by atoms with Crippen molar-refractivity contribution in [1.82, 2.24) is 10.8 Å². The number of nitrogens with one attached hydrogen (secondary N) is 2. The fraction of sp³-hybridized carbons (Fsp3) is 0.429. The van der Waals surface area contributed by atoms with E-state index in [4.69, 9.17) is 15.7 Å². The highest BCUT2D eigenvalue weighted by atomic mass is 16.6. The average Bonchev–Trinajstić information content (AvgIpc) is 2.63. The van der Waals surface area contributed by atoms with E-state index < -0.39 is 18.0 Å². The van der Waals surface area contributed by atoms with Gasteiger partial charge in [0.25, 0.3) is 6.26 Å². The van der Waals surface area contributed by atoms with Crippen LogP contribution in [0.2, 0.25) is 0 Å². The molecule has 0 aliphatic rings. The normalized spacial score (nSPS) is 8.00. The Kier molecular flexibility index (Phi) is 21.2. The third kappa shape index (κ3) is 20.9. The standard InChI is InChI=1S/C7H12N2O4.C7H9NO3.H3NO/c1-5(2)6(10)13-4-3-8-7(11)9-12;1-6(2)7(9)11-4-3-10-5-8;1-2/h12H,1,3-4H2,2H3,(H2,8,9,11);1,3-4H2,2H3;2H,1H2. The maximum Gasteiger partial charge on any atom is 0.338 e. The van der Waals surface area contributed by atoms with Crippen molar-refractivity contribution >= 4 is 18.0 Å². The summed E-state index contributed by atoms with van der Waals surface area (Å²) in [5.74, 6) is 2.53. The Bertz CT molecular complexity index is 502. The molecule has 0 fully saturated rings. The number of amides is 2. The van der Waals surface area contributed by atoms with Crippen LogP contribution >= 0.6 is 0 Å². The van der Waals surface area contributed by atoms with Crippen molar-refractivity contribution in [2.75, 3.05) is 26.4 Å². The predicted octanol–water partition coefficient (Wildman–Crippen LogP) is -0.268. The van der Waals surface area contributed by atoms with Crippen molar-refractivity contribution in [2.24, 2.45) is 5.90 Å². The average molecular weight is 376 g/mol. The molecule has 0 atom stereocenters. The van der Waals surface area contributed by atoms with E-state index in [0.717, 1.165) is 0 Å². The van der Waals surface area contributed by atoms with Gasteiger partial charge in [0, 0.05) is 11.1 Å². The molecule has 0 bridgehead atoms. The van der Waals surface area contributed by atoms with Crippen LogP contribution in [0.15, 0.2) is 24.3 Å². The zero-order valence-corrected chi connectivity index (χ0v) is 14.6. The molecular formula is C14H24N4O8. The Hall–Kier alpha value is -3.14. The second kappa shape index (κ2) is 19.9. The van der Waals surface area contributed by atoms with Gasteiger partial charge in [-0.05, 0) is 13.8 Å². The van der Waals surface area contributed by atoms with Gasteiger partial charge >= 0.3 is 18.0 Å². The van der Waals surface area contributed by atoms with Crippen molar-refractivity contribution in [3.8, 4) is 6.26 Å². The summed E-state index contributed by atoms with van der Waals surface area (Å²) in [6.07, 6.45) is 1.46. The van der Waals surface area contributed by atoms with E-state index in [1.54, 1.807) is 6.92 Å². The summed E-state index contributed by atoms with van der Waals surface area (Å²) in [5, 5.41) is 24.7. The molecule has 12 heteroatoms. The van der Waals surface area contributed by atoms with Crippen LogP contribution in [0.5, 0.6) is 0 Å². The fourth-order valence-corrected chi connectivity index (χ4v) is 0.816. The number of nitrogens with two attached hydrogens (primary N) is 1. The summed E-state index contributed by atoms with van der Waals surface area (Å²) < 4.78 is 13.5. The first kappa shape index (κ1) is 27.7. The minimum absolute atomic E-state index is 0.0408. The smallest absolute Gasteiger partial charge is 0.338 e. The lowest BCUT2D eigenvalue weighted by Gasteiger charge is -2.04. The molecule has 148 valence electrons. The third-order valence-electron chi connectivity index (χ3n) is 1.90. The molecule has 0 aliphatic heterocycles. The van der Waals surface area contributed by atoms with E-state index in [1.807, 2.05) is 0 Å². The predicted molar refractivity (Wildman–Crippen MR) is 87.4 cm³/mol. The van der Waals surface area contributed by atoms with Gasteiger partial charge in [0.1, 0.15) is 19.8 Å². The van der Waals surface area contributed by atoms with E-state index in [1.165, 1.54) is 18.7 Å². The van der Waals surface area contributed by atoms with Crippen LogP contribution < -0.4 is 16.7 Å². The van der Waals surface area contributed by atoms with Gasteiger partial charge in [-0.2, -0.15) is 5.26 Å². The van der Waals surface area contributed by atoms with Crippen molar-refractivity contribution in [2.45, 2.75) is 13.8 Å². The van der Waals surface area contributed by atoms with Crippen molar-refractivity contribution in [3.05, 3.63) is 24.3 Å². The number of nitrogens with zero attached hydrogens (tertiary/aromatic N) is 1. The monoisotopic (exact) mass is 376 g/mol. The molecule has 26 heavy (non-hydrogen) atoms. The zero-order valence-electron chi connectivity index (χ0n) is 14.6. The van der Waals surface area contributed by atoms with Crippen LogP contribution in [0.4, 0.5) is 4.79 Å². The van der Waals surface area contributed by atoms with E-state index in [0.29, 0.717) is 11.1 Å². The number of nitriles is 1. The molecule has 0 rings (SSSR count). The van der Waals surface area contributed by atoms with Crippen LogP contribution in [0.3, 0.4) is 0 Å². The number of hydrogen-bond donors (Lipinski definition) is 5. The summed E-state index contributed by atoms with van der Waals surface area (Å²) in [6.45, 7) is 10.2. The highest BCUT2D eigenvalue weighted by Crippen LogP contribution is 1.91. The largest absolute Gasteiger partial charge is 0.460 e. The SMILES string of the molecule is C=C(C)C(=O)OCCNC(=O)NO.C=C(C)C(=O)OCCOC#N.NO. The Morgan fingerprint density at radius 2 is 1.50 bits per heavy atom. The molecule has 0 saturated carbocycles. The highest BCUT2D eigenvalue weighted by molar-refractivity contribution is 5.87. The lowest BCUT2D eigenvalue weighted by atomic mass is 10.4. The van der Waals surface area contributed by atoms with Crippen LogP contribution in [-0.4, -0.2) is 54.7 Å². The topological polar surface area (TPSA) is 193 Å². The molecule has 0 aliphatic carbocycles. The van der Waals surface area contributed by atoms with Crippen molar-refractivity contribution in [1.29, 1.82) is 5.26 Å². The summed E-state index contributed by atoms with van der Waals surface area (Å²) in [6, 6.07) is -0.744. The molecule has 0 radical (unpaired) electrons. The first-order chi connectivity index (χ1) is 12.3. The minimum Gasteiger partial charge on any atom is -0.460 e. The van der Waals surface area contributed by atoms with Crippen molar-refractivity contribution < 1.29 is 39.0 Å². The summed E-state index contributed by atoms with van der Waals surface area (Å²) >= 11 is 0. The second-order valence-electron chi connectivity index (χ2n) is 4.14. The molecule has 6 N–H and O–H groups in total. The number of esters is 2. The zero-order chi connectivity index (χ0) is 21.0. The highest BCUT2D eigenvalue weighted by Gasteiger charge is 2.02. The first-order valence-corrected chi connectivity index (χ1v) is 6.86. The molecule has 12 nitrogen and oxygen atoms in total. The van der Waals surface area contributed by atoms with E-state index in [9.17, 15) is 14.4 Å². The van der Waals surface area contributed by atoms with E-state index >= 15 is 0 Å². The Balaban J connectivity index is -0.000000375. The van der Waals surface area contributed by atoms with Crippen LogP contribution in [0.25, 0.3) is 0 Å². The Morgan fingerprint density at radius 1 is 1.04 bits per heavy atom. The third-order valence-corrected chi connectivity index (χ3v) is 1.90. The maximum atomic E-state index is 10.8. The maximum absolute atomic E-state index is 10.8. The number of ether oxygens (including phenoxy) is 3. The van der Waals surface area contributed by atoms with E-state index in [2.05, 4.69) is 38.6 Å². The molecule has 0 unspecified atom stereocenters. The van der Waals surface area contributed by atoms with Gasteiger partial charge in [-0.15, -0.1) is 0 Å². The number of carbonyl (C=O) groups excluding carboxylic acids is 3. The number of urea groups is 1. The van der Waals surface area contributed by atoms with Gasteiger partial charge in [-0.25, -0.2) is 25.8 Å². The van der Waals surface area contributed by atoms with Gasteiger partial charge < -0.3 is 24.7 Å². The molecule has 0 spiro atoms. The summed E-state index contributed by atoms with van der Waals surface area (Å²) in [7, 11) is 0. The lowest BCUT2D eigenvalue weighted by molar-refractivity contribution is -0.140. The molecule has 0 aromatic rings. The van der Waals surface area contributed by atoms with Crippen LogP contribution in [0.1, 0.15) is 13.8 Å². The number of carbonyl (C=O) groups is 3. The molecule has 0 aromatic heterocycles. The number of rotatable bonds is 8. The first-order valence-electron chi connectivity index (χ1n) is 6.86. The molecular weight excluding hydrogens is 352 g/mol. The molecule has 2 amide bonds. The lowest BCUT2D eigenvalue weighted by Crippen LogP contribution is -2.35.